The van der Waals surface area contributed by atoms with Crippen LogP contribution < -0.4 is 15.4 Å². The van der Waals surface area contributed by atoms with E-state index in [0.717, 1.165) is 22.1 Å². The van der Waals surface area contributed by atoms with Crippen LogP contribution in [0.4, 0.5) is 10.2 Å². The lowest BCUT2D eigenvalue weighted by Gasteiger charge is -2.15. The van der Waals surface area contributed by atoms with Gasteiger partial charge in [-0.15, -0.1) is 0 Å². The van der Waals surface area contributed by atoms with Crippen LogP contribution in [0.15, 0.2) is 60.9 Å². The highest BCUT2D eigenvalue weighted by molar-refractivity contribution is 5.97. The number of hydrogen-bond donors (Lipinski definition) is 2. The third-order valence-electron chi connectivity index (χ3n) is 4.83. The minimum Gasteiger partial charge on any atom is -0.489 e. The third-order valence-corrected chi connectivity index (χ3v) is 4.83. The van der Waals surface area contributed by atoms with Crippen LogP contribution in [-0.4, -0.2) is 41.1 Å². The predicted molar refractivity (Wildman–Crippen MR) is 122 cm³/mol. The number of fused-ring (bicyclic) bond motifs is 1. The molecule has 0 aliphatic carbocycles. The van der Waals surface area contributed by atoms with Crippen LogP contribution >= 0.6 is 0 Å². The molecular formula is C24H22FN5O2. The lowest BCUT2D eigenvalue weighted by atomic mass is 10.0. The number of amides is 1. The zero-order valence-electron chi connectivity index (χ0n) is 17.7. The summed E-state index contributed by atoms with van der Waals surface area (Å²) in [4.78, 5) is 24.8. The Balaban J connectivity index is 1.85. The van der Waals surface area contributed by atoms with Crippen LogP contribution in [0.5, 0.6) is 5.75 Å². The van der Waals surface area contributed by atoms with Gasteiger partial charge in [-0.2, -0.15) is 0 Å². The van der Waals surface area contributed by atoms with Gasteiger partial charge in [0.15, 0.2) is 5.82 Å². The van der Waals surface area contributed by atoms with Crippen LogP contribution in [0, 0.1) is 5.82 Å². The Hall–Kier alpha value is -4.07. The summed E-state index contributed by atoms with van der Waals surface area (Å²) in [6, 6.07) is 13.8. The molecule has 2 aromatic heterocycles. The Labute approximate surface area is 184 Å². The number of nitrogens with one attached hydrogen (secondary N) is 2. The van der Waals surface area contributed by atoms with Gasteiger partial charge in [0.1, 0.15) is 29.5 Å². The van der Waals surface area contributed by atoms with Gasteiger partial charge >= 0.3 is 0 Å². The van der Waals surface area contributed by atoms with Crippen LogP contribution in [0.2, 0.25) is 0 Å². The summed E-state index contributed by atoms with van der Waals surface area (Å²) in [7, 11) is 1.79. The third kappa shape index (κ3) is 4.64. The molecule has 0 spiro atoms. The van der Waals surface area contributed by atoms with E-state index in [1.807, 2.05) is 24.3 Å². The summed E-state index contributed by atoms with van der Waals surface area (Å²) in [5.74, 6) is 1.25. The average Bonchev–Trinajstić information content (AvgIpc) is 2.81. The molecular weight excluding hydrogens is 409 g/mol. The molecule has 0 unspecified atom stereocenters. The van der Waals surface area contributed by atoms with Gasteiger partial charge in [0.2, 0.25) is 5.91 Å². The van der Waals surface area contributed by atoms with Gasteiger partial charge in [-0.25, -0.2) is 14.4 Å². The highest BCUT2D eigenvalue weighted by Gasteiger charge is 2.16. The van der Waals surface area contributed by atoms with Crippen molar-refractivity contribution in [3.63, 3.8) is 0 Å². The molecule has 2 aromatic carbocycles. The molecule has 0 saturated carbocycles. The molecule has 0 bridgehead atoms. The number of nitrogens with zero attached hydrogens (tertiary/aromatic N) is 3. The monoisotopic (exact) mass is 431 g/mol. The Morgan fingerprint density at radius 1 is 1.06 bits per heavy atom. The maximum Gasteiger partial charge on any atom is 0.216 e. The molecule has 0 aliphatic rings. The van der Waals surface area contributed by atoms with E-state index in [9.17, 15) is 9.18 Å². The number of ether oxygens (including phenoxy) is 1. The quantitative estimate of drug-likeness (QED) is 0.429. The van der Waals surface area contributed by atoms with E-state index in [0.29, 0.717) is 29.5 Å². The van der Waals surface area contributed by atoms with Crippen LogP contribution in [0.3, 0.4) is 0 Å². The van der Waals surface area contributed by atoms with Crippen LogP contribution in [-0.2, 0) is 4.79 Å². The minimum atomic E-state index is -0.304. The van der Waals surface area contributed by atoms with E-state index in [1.54, 1.807) is 31.6 Å². The van der Waals surface area contributed by atoms with Gasteiger partial charge in [-0.05, 0) is 47.5 Å². The molecule has 4 aromatic rings. The Bertz CT molecular complexity index is 1250. The van der Waals surface area contributed by atoms with E-state index >= 15 is 0 Å². The fraction of sp³-hybridized carbons (Fsp3) is 0.167. The summed E-state index contributed by atoms with van der Waals surface area (Å²) in [6.45, 7) is 2.08. The zero-order chi connectivity index (χ0) is 22.5. The molecule has 0 radical (unpaired) electrons. The summed E-state index contributed by atoms with van der Waals surface area (Å²) < 4.78 is 19.5. The number of pyridine rings is 1. The number of rotatable bonds is 7. The molecule has 1 amide bonds. The number of hydrogen-bond acceptors (Lipinski definition) is 6. The second-order valence-electron chi connectivity index (χ2n) is 7.10. The molecule has 162 valence electrons. The first-order valence-electron chi connectivity index (χ1n) is 10.1. The van der Waals surface area contributed by atoms with E-state index in [1.165, 1.54) is 19.1 Å². The Kier molecular flexibility index (Phi) is 6.21. The number of aromatic nitrogens is 3. The first kappa shape index (κ1) is 21.2. The van der Waals surface area contributed by atoms with Crippen molar-refractivity contribution in [2.75, 3.05) is 25.5 Å². The number of halogens is 1. The first-order chi connectivity index (χ1) is 15.5. The summed E-state index contributed by atoms with van der Waals surface area (Å²) in [6.07, 6.45) is 3.39. The van der Waals surface area contributed by atoms with Gasteiger partial charge in [-0.1, -0.05) is 12.1 Å². The molecule has 0 atom stereocenters. The number of anilines is 1. The van der Waals surface area contributed by atoms with E-state index in [2.05, 4.69) is 20.6 Å². The standard InChI is InChI=1S/C24H22FN5O2/c1-15(31)28-10-11-32-21-13-18(16-5-7-19(25)8-6-16)12-20-22(21)29-23(30-24(20)26-2)17-4-3-9-27-14-17/h3-9,12-14H,10-11H2,1-2H3,(H,28,31)(H,26,29,30). The van der Waals surface area contributed by atoms with Gasteiger partial charge in [0, 0.05) is 37.3 Å². The Morgan fingerprint density at radius 2 is 1.88 bits per heavy atom. The molecule has 8 heteroatoms. The highest BCUT2D eigenvalue weighted by Crippen LogP contribution is 2.36. The van der Waals surface area contributed by atoms with E-state index < -0.39 is 0 Å². The molecule has 32 heavy (non-hydrogen) atoms. The zero-order valence-corrected chi connectivity index (χ0v) is 17.7. The fourth-order valence-electron chi connectivity index (χ4n) is 3.32. The number of benzene rings is 2. The normalized spacial score (nSPS) is 10.7. The largest absolute Gasteiger partial charge is 0.489 e. The smallest absolute Gasteiger partial charge is 0.216 e. The van der Waals surface area contributed by atoms with Crippen molar-refractivity contribution >= 4 is 22.6 Å². The topological polar surface area (TPSA) is 89.0 Å². The molecule has 2 heterocycles. The minimum absolute atomic E-state index is 0.128. The SMILES string of the molecule is CNc1nc(-c2cccnc2)nc2c(OCCNC(C)=O)cc(-c3ccc(F)cc3)cc12. The van der Waals surface area contributed by atoms with Crippen LogP contribution in [0.1, 0.15) is 6.92 Å². The number of carbonyl (C=O) groups excluding carboxylic acids is 1. The van der Waals surface area contributed by atoms with Crippen molar-refractivity contribution in [1.29, 1.82) is 0 Å². The van der Waals surface area contributed by atoms with E-state index in [4.69, 9.17) is 9.72 Å². The molecule has 2 N–H and O–H groups in total. The Morgan fingerprint density at radius 3 is 2.56 bits per heavy atom. The van der Waals surface area contributed by atoms with Crippen molar-refractivity contribution in [3.05, 3.63) is 66.7 Å². The lowest BCUT2D eigenvalue weighted by molar-refractivity contribution is -0.119. The predicted octanol–water partition coefficient (Wildman–Crippen LogP) is 4.05. The fourth-order valence-corrected chi connectivity index (χ4v) is 3.32. The lowest BCUT2D eigenvalue weighted by Crippen LogP contribution is -2.25. The van der Waals surface area contributed by atoms with Crippen molar-refractivity contribution in [3.8, 4) is 28.3 Å². The first-order valence-corrected chi connectivity index (χ1v) is 10.1. The van der Waals surface area contributed by atoms with Crippen LogP contribution in [0.25, 0.3) is 33.4 Å². The van der Waals surface area contributed by atoms with Crippen molar-refractivity contribution in [1.82, 2.24) is 20.3 Å². The second-order valence-corrected chi connectivity index (χ2v) is 7.10. The summed E-state index contributed by atoms with van der Waals surface area (Å²) >= 11 is 0. The highest BCUT2D eigenvalue weighted by atomic mass is 19.1. The number of carbonyl (C=O) groups is 1. The van der Waals surface area contributed by atoms with E-state index in [-0.39, 0.29) is 18.3 Å². The maximum atomic E-state index is 13.4. The molecule has 0 aliphatic heterocycles. The van der Waals surface area contributed by atoms with Gasteiger partial charge in [-0.3, -0.25) is 9.78 Å². The van der Waals surface area contributed by atoms with Crippen molar-refractivity contribution in [2.24, 2.45) is 0 Å². The summed E-state index contributed by atoms with van der Waals surface area (Å²) in [5.41, 5.74) is 3.06. The average molecular weight is 431 g/mol. The molecule has 7 nitrogen and oxygen atoms in total. The van der Waals surface area contributed by atoms with Gasteiger partial charge in [0.25, 0.3) is 0 Å². The van der Waals surface area contributed by atoms with Crippen molar-refractivity contribution < 1.29 is 13.9 Å². The molecule has 4 rings (SSSR count). The van der Waals surface area contributed by atoms with Gasteiger partial charge < -0.3 is 15.4 Å². The molecule has 0 saturated heterocycles. The van der Waals surface area contributed by atoms with Crippen molar-refractivity contribution in [2.45, 2.75) is 6.92 Å². The molecule has 0 fully saturated rings. The second kappa shape index (κ2) is 9.38. The maximum absolute atomic E-state index is 13.4. The van der Waals surface area contributed by atoms with Gasteiger partial charge in [0.05, 0.1) is 6.54 Å². The summed E-state index contributed by atoms with van der Waals surface area (Å²) in [5, 5.41) is 6.61.